The Morgan fingerprint density at radius 3 is 2.27 bits per heavy atom. The van der Waals surface area contributed by atoms with Gasteiger partial charge in [0.25, 0.3) is 0 Å². The predicted molar refractivity (Wildman–Crippen MR) is 63.5 cm³/mol. The summed E-state index contributed by atoms with van der Waals surface area (Å²) in [6, 6.07) is 15.7. The molecule has 0 aliphatic carbocycles. The molecule has 2 nitrogen and oxygen atoms in total. The first kappa shape index (κ1) is 9.59. The van der Waals surface area contributed by atoms with Crippen LogP contribution in [0.2, 0.25) is 0 Å². The lowest BCUT2D eigenvalue weighted by Crippen LogP contribution is -1.91. The summed E-state index contributed by atoms with van der Waals surface area (Å²) in [6.45, 7) is 2.05. The molecular formula is C13H13N2. The molecule has 1 radical (unpaired) electrons. The molecule has 0 unspecified atom stereocenters. The molecule has 75 valence electrons. The maximum Gasteiger partial charge on any atom is 0.0657 e. The van der Waals surface area contributed by atoms with Crippen LogP contribution in [-0.2, 0) is 0 Å². The van der Waals surface area contributed by atoms with Crippen molar-refractivity contribution in [2.45, 2.75) is 6.92 Å². The van der Waals surface area contributed by atoms with Crippen LogP contribution >= 0.6 is 0 Å². The third-order valence-electron chi connectivity index (χ3n) is 2.13. The number of aryl methyl sites for hydroxylation is 1. The Morgan fingerprint density at radius 1 is 0.933 bits per heavy atom. The monoisotopic (exact) mass is 197 g/mol. The summed E-state index contributed by atoms with van der Waals surface area (Å²) < 4.78 is 0. The normalized spacial score (nSPS) is 9.93. The van der Waals surface area contributed by atoms with E-state index in [4.69, 9.17) is 5.73 Å². The average Bonchev–Trinajstić information content (AvgIpc) is 2.17. The second-order valence-corrected chi connectivity index (χ2v) is 3.55. The van der Waals surface area contributed by atoms with Gasteiger partial charge < -0.3 is 5.73 Å². The minimum absolute atomic E-state index is 0.740. The van der Waals surface area contributed by atoms with Gasteiger partial charge in [-0.1, -0.05) is 18.2 Å². The largest absolute Gasteiger partial charge is 0.399 e. The molecule has 0 amide bonds. The Balaban J connectivity index is 2.22. The maximum atomic E-state index is 5.68. The molecule has 0 aliphatic rings. The van der Waals surface area contributed by atoms with Crippen LogP contribution in [0.3, 0.4) is 0 Å². The van der Waals surface area contributed by atoms with Gasteiger partial charge in [0.2, 0.25) is 0 Å². The van der Waals surface area contributed by atoms with Gasteiger partial charge in [-0.2, -0.15) is 0 Å². The summed E-state index contributed by atoms with van der Waals surface area (Å²) >= 11 is 0. The van der Waals surface area contributed by atoms with E-state index in [1.807, 2.05) is 42.5 Å². The number of nitrogen functional groups attached to an aromatic ring is 1. The Morgan fingerprint density at radius 2 is 1.60 bits per heavy atom. The standard InChI is InChI=1S/C13H13N2/c1-10-4-2-6-12(8-10)15-13-7-3-5-11(14)9-13/h2-9H,14H2,1H3. The molecule has 15 heavy (non-hydrogen) atoms. The molecule has 0 atom stereocenters. The first-order valence-electron chi connectivity index (χ1n) is 4.88. The summed E-state index contributed by atoms with van der Waals surface area (Å²) in [5, 5.41) is 4.48. The Bertz CT molecular complexity index is 420. The molecule has 0 aliphatic heterocycles. The van der Waals surface area contributed by atoms with Crippen molar-refractivity contribution in [2.24, 2.45) is 0 Å². The lowest BCUT2D eigenvalue weighted by Gasteiger charge is -2.04. The van der Waals surface area contributed by atoms with Crippen molar-refractivity contribution in [1.82, 2.24) is 5.32 Å². The van der Waals surface area contributed by atoms with Crippen molar-refractivity contribution in [3.63, 3.8) is 0 Å². The molecule has 2 rings (SSSR count). The van der Waals surface area contributed by atoms with Crippen molar-refractivity contribution in [3.8, 4) is 0 Å². The Kier molecular flexibility index (Phi) is 2.59. The lowest BCUT2D eigenvalue weighted by atomic mass is 10.2. The summed E-state index contributed by atoms with van der Waals surface area (Å²) in [7, 11) is 0. The van der Waals surface area contributed by atoms with Gasteiger partial charge in [-0.25, -0.2) is 5.32 Å². The zero-order valence-electron chi connectivity index (χ0n) is 8.64. The molecule has 0 fully saturated rings. The Hall–Kier alpha value is -1.96. The van der Waals surface area contributed by atoms with E-state index in [2.05, 4.69) is 18.3 Å². The molecule has 0 aromatic heterocycles. The van der Waals surface area contributed by atoms with Crippen LogP contribution in [-0.4, -0.2) is 0 Å². The van der Waals surface area contributed by atoms with Crippen molar-refractivity contribution in [3.05, 3.63) is 54.1 Å². The highest BCUT2D eigenvalue weighted by Crippen LogP contribution is 2.19. The van der Waals surface area contributed by atoms with E-state index in [1.165, 1.54) is 5.56 Å². The van der Waals surface area contributed by atoms with Crippen LogP contribution in [0.1, 0.15) is 5.56 Å². The molecule has 2 N–H and O–H groups in total. The van der Waals surface area contributed by atoms with Gasteiger partial charge in [0.05, 0.1) is 11.4 Å². The van der Waals surface area contributed by atoms with Crippen LogP contribution in [0.25, 0.3) is 0 Å². The Labute approximate surface area is 89.7 Å². The van der Waals surface area contributed by atoms with Crippen molar-refractivity contribution in [2.75, 3.05) is 5.73 Å². The van der Waals surface area contributed by atoms with Crippen LogP contribution in [0.4, 0.5) is 17.1 Å². The summed E-state index contributed by atoms with van der Waals surface area (Å²) in [6.07, 6.45) is 0. The zero-order chi connectivity index (χ0) is 10.7. The van der Waals surface area contributed by atoms with E-state index in [-0.39, 0.29) is 0 Å². The minimum Gasteiger partial charge on any atom is -0.399 e. The number of anilines is 1. The van der Waals surface area contributed by atoms with Crippen LogP contribution in [0.5, 0.6) is 0 Å². The van der Waals surface area contributed by atoms with E-state index in [1.54, 1.807) is 0 Å². The molecule has 0 saturated carbocycles. The smallest absolute Gasteiger partial charge is 0.0657 e. The minimum atomic E-state index is 0.740. The highest BCUT2D eigenvalue weighted by molar-refractivity contribution is 5.55. The lowest BCUT2D eigenvalue weighted by molar-refractivity contribution is 1.18. The van der Waals surface area contributed by atoms with E-state index < -0.39 is 0 Å². The molecule has 0 bridgehead atoms. The van der Waals surface area contributed by atoms with Crippen LogP contribution in [0, 0.1) is 6.92 Å². The number of nitrogens with two attached hydrogens (primary N) is 1. The number of rotatable bonds is 2. The van der Waals surface area contributed by atoms with E-state index in [9.17, 15) is 0 Å². The maximum absolute atomic E-state index is 5.68. The number of benzene rings is 2. The molecule has 0 spiro atoms. The van der Waals surface area contributed by atoms with Gasteiger partial charge in [0.1, 0.15) is 0 Å². The van der Waals surface area contributed by atoms with Crippen molar-refractivity contribution < 1.29 is 0 Å². The average molecular weight is 197 g/mol. The number of hydrogen-bond acceptors (Lipinski definition) is 1. The van der Waals surface area contributed by atoms with Crippen LogP contribution in [0.15, 0.2) is 48.5 Å². The fraction of sp³-hybridized carbons (Fsp3) is 0.0769. The van der Waals surface area contributed by atoms with E-state index in [0.29, 0.717) is 0 Å². The van der Waals surface area contributed by atoms with Crippen LogP contribution < -0.4 is 11.1 Å². The second-order valence-electron chi connectivity index (χ2n) is 3.55. The summed E-state index contributed by atoms with van der Waals surface area (Å²) in [4.78, 5) is 0. The first-order chi connectivity index (χ1) is 7.24. The van der Waals surface area contributed by atoms with Gasteiger partial charge in [-0.05, 0) is 42.8 Å². The molecule has 2 aromatic rings. The number of nitrogens with zero attached hydrogens (tertiary/aromatic N) is 1. The molecule has 0 saturated heterocycles. The molecule has 0 heterocycles. The van der Waals surface area contributed by atoms with Gasteiger partial charge in [0, 0.05) is 5.69 Å². The fourth-order valence-electron chi connectivity index (χ4n) is 1.44. The second kappa shape index (κ2) is 4.05. The fourth-order valence-corrected chi connectivity index (χ4v) is 1.44. The van der Waals surface area contributed by atoms with Crippen molar-refractivity contribution >= 4 is 17.1 Å². The SMILES string of the molecule is Cc1cccc([N]c2cccc(N)c2)c1. The van der Waals surface area contributed by atoms with Gasteiger partial charge in [-0.15, -0.1) is 0 Å². The van der Waals surface area contributed by atoms with E-state index in [0.717, 1.165) is 17.1 Å². The molecule has 2 aromatic carbocycles. The zero-order valence-corrected chi connectivity index (χ0v) is 8.64. The topological polar surface area (TPSA) is 40.1 Å². The van der Waals surface area contributed by atoms with Gasteiger partial charge in [0.15, 0.2) is 0 Å². The molecular weight excluding hydrogens is 184 g/mol. The highest BCUT2D eigenvalue weighted by Gasteiger charge is 1.97. The van der Waals surface area contributed by atoms with Crippen molar-refractivity contribution in [1.29, 1.82) is 0 Å². The third-order valence-corrected chi connectivity index (χ3v) is 2.13. The summed E-state index contributed by atoms with van der Waals surface area (Å²) in [5.74, 6) is 0. The first-order valence-corrected chi connectivity index (χ1v) is 4.88. The van der Waals surface area contributed by atoms with Gasteiger partial charge >= 0.3 is 0 Å². The quantitative estimate of drug-likeness (QED) is 0.738. The van der Waals surface area contributed by atoms with E-state index >= 15 is 0 Å². The number of hydrogen-bond donors (Lipinski definition) is 1. The third kappa shape index (κ3) is 2.50. The van der Waals surface area contributed by atoms with Gasteiger partial charge in [-0.3, -0.25) is 0 Å². The summed E-state index contributed by atoms with van der Waals surface area (Å²) in [5.41, 5.74) is 9.48. The highest BCUT2D eigenvalue weighted by atomic mass is 14.9. The molecule has 2 heteroatoms. The predicted octanol–water partition coefficient (Wildman–Crippen LogP) is 3.14.